The summed E-state index contributed by atoms with van der Waals surface area (Å²) < 4.78 is 0. The lowest BCUT2D eigenvalue weighted by Crippen LogP contribution is -2.27. The second kappa shape index (κ2) is 7.01. The van der Waals surface area contributed by atoms with E-state index in [0.717, 1.165) is 36.1 Å². The van der Waals surface area contributed by atoms with Gasteiger partial charge in [-0.15, -0.1) is 0 Å². The van der Waals surface area contributed by atoms with E-state index in [1.807, 2.05) is 37.3 Å². The van der Waals surface area contributed by atoms with Crippen LogP contribution in [0.4, 0.5) is 0 Å². The van der Waals surface area contributed by atoms with Crippen LogP contribution in [-0.4, -0.2) is 30.5 Å². The summed E-state index contributed by atoms with van der Waals surface area (Å²) in [5, 5.41) is 7.11. The van der Waals surface area contributed by atoms with Gasteiger partial charge in [0, 0.05) is 17.6 Å². The second-order valence-corrected chi connectivity index (χ2v) is 4.79. The minimum absolute atomic E-state index is 0.0248. The van der Waals surface area contributed by atoms with Crippen molar-refractivity contribution in [3.05, 3.63) is 41.6 Å². The average Bonchev–Trinajstić information content (AvgIpc) is 2.46. The zero-order valence-corrected chi connectivity index (χ0v) is 12.1. The number of aromatic nitrogens is 1. The Balaban J connectivity index is 2.09. The molecule has 0 spiro atoms. The van der Waals surface area contributed by atoms with Crippen LogP contribution in [0.1, 0.15) is 29.4 Å². The van der Waals surface area contributed by atoms with Crippen molar-refractivity contribution in [2.75, 3.05) is 19.6 Å². The Hall–Kier alpha value is -1.94. The lowest BCUT2D eigenvalue weighted by Gasteiger charge is -2.09. The summed E-state index contributed by atoms with van der Waals surface area (Å²) in [6.45, 7) is 6.55. The Bertz CT molecular complexity index is 595. The molecule has 0 aliphatic heterocycles. The SMILES string of the molecule is CCNCCCNC(=O)c1cc(C)nc2ccccc12. The van der Waals surface area contributed by atoms with Crippen molar-refractivity contribution in [3.63, 3.8) is 0 Å². The van der Waals surface area contributed by atoms with Crippen LogP contribution in [0, 0.1) is 6.92 Å². The number of aryl methyl sites for hydroxylation is 1. The number of nitrogens with one attached hydrogen (secondary N) is 2. The maximum atomic E-state index is 12.3. The zero-order valence-electron chi connectivity index (χ0n) is 12.1. The van der Waals surface area contributed by atoms with Gasteiger partial charge in [-0.1, -0.05) is 25.1 Å². The van der Waals surface area contributed by atoms with Crippen LogP contribution in [0.25, 0.3) is 10.9 Å². The van der Waals surface area contributed by atoms with E-state index in [-0.39, 0.29) is 5.91 Å². The Morgan fingerprint density at radius 1 is 1.25 bits per heavy atom. The Morgan fingerprint density at radius 2 is 2.05 bits per heavy atom. The highest BCUT2D eigenvalue weighted by atomic mass is 16.1. The molecular formula is C16H21N3O. The molecular weight excluding hydrogens is 250 g/mol. The maximum Gasteiger partial charge on any atom is 0.252 e. The molecule has 0 unspecified atom stereocenters. The fourth-order valence-corrected chi connectivity index (χ4v) is 2.18. The van der Waals surface area contributed by atoms with E-state index in [1.54, 1.807) is 0 Å². The van der Waals surface area contributed by atoms with Gasteiger partial charge in [0.05, 0.1) is 11.1 Å². The molecule has 1 aromatic carbocycles. The predicted octanol–water partition coefficient (Wildman–Crippen LogP) is 2.27. The molecule has 0 radical (unpaired) electrons. The highest BCUT2D eigenvalue weighted by Gasteiger charge is 2.10. The van der Waals surface area contributed by atoms with E-state index in [4.69, 9.17) is 0 Å². The monoisotopic (exact) mass is 271 g/mol. The average molecular weight is 271 g/mol. The molecule has 0 fully saturated rings. The topological polar surface area (TPSA) is 54.0 Å². The van der Waals surface area contributed by atoms with Gasteiger partial charge in [0.2, 0.25) is 0 Å². The Kier molecular flexibility index (Phi) is 5.07. The van der Waals surface area contributed by atoms with E-state index >= 15 is 0 Å². The molecule has 0 saturated heterocycles. The fourth-order valence-electron chi connectivity index (χ4n) is 2.18. The number of hydrogen-bond donors (Lipinski definition) is 2. The summed E-state index contributed by atoms with van der Waals surface area (Å²) >= 11 is 0. The van der Waals surface area contributed by atoms with Gasteiger partial charge in [-0.05, 0) is 38.6 Å². The van der Waals surface area contributed by atoms with Crippen LogP contribution >= 0.6 is 0 Å². The van der Waals surface area contributed by atoms with Crippen LogP contribution in [0.3, 0.4) is 0 Å². The zero-order chi connectivity index (χ0) is 14.4. The number of benzene rings is 1. The maximum absolute atomic E-state index is 12.3. The lowest BCUT2D eigenvalue weighted by molar-refractivity contribution is 0.0955. The van der Waals surface area contributed by atoms with Crippen molar-refractivity contribution >= 4 is 16.8 Å². The summed E-state index contributed by atoms with van der Waals surface area (Å²) in [6.07, 6.45) is 0.932. The summed E-state index contributed by atoms with van der Waals surface area (Å²) in [7, 11) is 0. The highest BCUT2D eigenvalue weighted by molar-refractivity contribution is 6.06. The first-order valence-electron chi connectivity index (χ1n) is 7.07. The van der Waals surface area contributed by atoms with Crippen LogP contribution in [0.2, 0.25) is 0 Å². The van der Waals surface area contributed by atoms with Crippen molar-refractivity contribution in [1.29, 1.82) is 0 Å². The van der Waals surface area contributed by atoms with Crippen molar-refractivity contribution < 1.29 is 4.79 Å². The molecule has 0 bridgehead atoms. The number of para-hydroxylation sites is 1. The van der Waals surface area contributed by atoms with Crippen molar-refractivity contribution in [2.45, 2.75) is 20.3 Å². The molecule has 4 nitrogen and oxygen atoms in total. The van der Waals surface area contributed by atoms with Gasteiger partial charge in [0.25, 0.3) is 5.91 Å². The van der Waals surface area contributed by atoms with Crippen molar-refractivity contribution in [3.8, 4) is 0 Å². The largest absolute Gasteiger partial charge is 0.352 e. The first-order valence-corrected chi connectivity index (χ1v) is 7.07. The predicted molar refractivity (Wildman–Crippen MR) is 82.0 cm³/mol. The summed E-state index contributed by atoms with van der Waals surface area (Å²) in [4.78, 5) is 16.7. The van der Waals surface area contributed by atoms with Crippen molar-refractivity contribution in [2.24, 2.45) is 0 Å². The summed E-state index contributed by atoms with van der Waals surface area (Å²) in [5.41, 5.74) is 2.43. The third-order valence-corrected chi connectivity index (χ3v) is 3.15. The van der Waals surface area contributed by atoms with E-state index in [9.17, 15) is 4.79 Å². The van der Waals surface area contributed by atoms with E-state index < -0.39 is 0 Å². The van der Waals surface area contributed by atoms with Crippen LogP contribution in [0.15, 0.2) is 30.3 Å². The normalized spacial score (nSPS) is 10.7. The summed E-state index contributed by atoms with van der Waals surface area (Å²) in [5.74, 6) is -0.0248. The number of pyridine rings is 1. The number of carbonyl (C=O) groups excluding carboxylic acids is 1. The van der Waals surface area contributed by atoms with E-state index in [2.05, 4.69) is 22.5 Å². The van der Waals surface area contributed by atoms with Gasteiger partial charge >= 0.3 is 0 Å². The standard InChI is InChI=1S/C16H21N3O/c1-3-17-9-6-10-18-16(20)14-11-12(2)19-15-8-5-4-7-13(14)15/h4-5,7-8,11,17H,3,6,9-10H2,1-2H3,(H,18,20). The third-order valence-electron chi connectivity index (χ3n) is 3.15. The molecule has 1 aromatic heterocycles. The van der Waals surface area contributed by atoms with Gasteiger partial charge < -0.3 is 10.6 Å². The molecule has 2 N–H and O–H groups in total. The lowest BCUT2D eigenvalue weighted by atomic mass is 10.1. The van der Waals surface area contributed by atoms with Gasteiger partial charge in [-0.2, -0.15) is 0 Å². The molecule has 1 heterocycles. The molecule has 0 aliphatic carbocycles. The fraction of sp³-hybridized carbons (Fsp3) is 0.375. The number of hydrogen-bond acceptors (Lipinski definition) is 3. The Labute approximate surface area is 119 Å². The molecule has 106 valence electrons. The number of carbonyl (C=O) groups is 1. The second-order valence-electron chi connectivity index (χ2n) is 4.79. The van der Waals surface area contributed by atoms with Gasteiger partial charge in [-0.3, -0.25) is 9.78 Å². The van der Waals surface area contributed by atoms with Crippen LogP contribution < -0.4 is 10.6 Å². The third kappa shape index (κ3) is 3.54. The van der Waals surface area contributed by atoms with Gasteiger partial charge in [0.15, 0.2) is 0 Å². The number of nitrogens with zero attached hydrogens (tertiary/aromatic N) is 1. The van der Waals surface area contributed by atoms with E-state index in [0.29, 0.717) is 12.1 Å². The molecule has 20 heavy (non-hydrogen) atoms. The molecule has 0 atom stereocenters. The Morgan fingerprint density at radius 3 is 2.85 bits per heavy atom. The first-order chi connectivity index (χ1) is 9.72. The molecule has 2 rings (SSSR count). The van der Waals surface area contributed by atoms with Gasteiger partial charge in [0.1, 0.15) is 0 Å². The molecule has 1 amide bonds. The van der Waals surface area contributed by atoms with Crippen LogP contribution in [-0.2, 0) is 0 Å². The molecule has 2 aromatic rings. The minimum Gasteiger partial charge on any atom is -0.352 e. The molecule has 0 saturated carbocycles. The molecule has 4 heteroatoms. The first kappa shape index (κ1) is 14.5. The highest BCUT2D eigenvalue weighted by Crippen LogP contribution is 2.17. The van der Waals surface area contributed by atoms with E-state index in [1.165, 1.54) is 0 Å². The quantitative estimate of drug-likeness (QED) is 0.792. The molecule has 0 aliphatic rings. The van der Waals surface area contributed by atoms with Gasteiger partial charge in [-0.25, -0.2) is 0 Å². The van der Waals surface area contributed by atoms with Crippen LogP contribution in [0.5, 0.6) is 0 Å². The smallest absolute Gasteiger partial charge is 0.252 e. The minimum atomic E-state index is -0.0248. The van der Waals surface area contributed by atoms with Crippen molar-refractivity contribution in [1.82, 2.24) is 15.6 Å². The number of fused-ring (bicyclic) bond motifs is 1. The summed E-state index contributed by atoms with van der Waals surface area (Å²) in [6, 6.07) is 9.59. The number of rotatable bonds is 6. The number of amides is 1.